The Morgan fingerprint density at radius 1 is 1.33 bits per heavy atom. The van der Waals surface area contributed by atoms with Crippen LogP contribution in [0.2, 0.25) is 0 Å². The fourth-order valence-electron chi connectivity index (χ4n) is 1.61. The van der Waals surface area contributed by atoms with Crippen molar-refractivity contribution in [1.29, 1.82) is 0 Å². The first kappa shape index (κ1) is 11.6. The second-order valence-electron chi connectivity index (χ2n) is 3.15. The van der Waals surface area contributed by atoms with Crippen LogP contribution in [0.3, 0.4) is 0 Å². The van der Waals surface area contributed by atoms with Gasteiger partial charge in [0, 0.05) is 19.6 Å². The number of hydrogen-bond acceptors (Lipinski definition) is 4. The number of nitrogens with zero attached hydrogens (tertiary/aromatic N) is 2. The summed E-state index contributed by atoms with van der Waals surface area (Å²) in [7, 11) is 0. The topological polar surface area (TPSA) is 85.2 Å². The van der Waals surface area contributed by atoms with Gasteiger partial charge in [-0.15, -0.1) is 0 Å². The molecule has 0 aliphatic heterocycles. The van der Waals surface area contributed by atoms with Crippen molar-refractivity contribution in [3.8, 4) is 0 Å². The van der Waals surface area contributed by atoms with E-state index in [0.717, 1.165) is 0 Å². The number of nitrogens with one attached hydrogen (secondary N) is 1. The predicted octanol–water partition coefficient (Wildman–Crippen LogP) is -0.324. The summed E-state index contributed by atoms with van der Waals surface area (Å²) in [5, 5.41) is 11.7. The second-order valence-corrected chi connectivity index (χ2v) is 3.15. The van der Waals surface area contributed by atoms with Gasteiger partial charge in [0.05, 0.1) is 6.61 Å². The summed E-state index contributed by atoms with van der Waals surface area (Å²) < 4.78 is 3.36. The van der Waals surface area contributed by atoms with Crippen molar-refractivity contribution in [2.45, 2.75) is 26.9 Å². The highest BCUT2D eigenvalue weighted by molar-refractivity contribution is 5.60. The van der Waals surface area contributed by atoms with Gasteiger partial charge >= 0.3 is 0 Å². The number of nitrogens with two attached hydrogens (primary N) is 1. The average Bonchev–Trinajstić information content (AvgIpc) is 2.48. The summed E-state index contributed by atoms with van der Waals surface area (Å²) in [6, 6.07) is 0. The van der Waals surface area contributed by atoms with Crippen LogP contribution in [0.5, 0.6) is 0 Å². The molecule has 0 spiro atoms. The van der Waals surface area contributed by atoms with E-state index in [-0.39, 0.29) is 17.9 Å². The van der Waals surface area contributed by atoms with Gasteiger partial charge in [-0.3, -0.25) is 9.48 Å². The van der Waals surface area contributed by atoms with Crippen molar-refractivity contribution < 1.29 is 5.11 Å². The van der Waals surface area contributed by atoms with E-state index in [1.807, 2.05) is 13.8 Å². The monoisotopic (exact) mass is 214 g/mol. The Hall–Kier alpha value is -1.43. The fraction of sp³-hybridized carbons (Fsp3) is 0.667. The Balaban J connectivity index is 3.18. The van der Waals surface area contributed by atoms with E-state index >= 15 is 0 Å². The van der Waals surface area contributed by atoms with Crippen LogP contribution in [0.15, 0.2) is 4.79 Å². The van der Waals surface area contributed by atoms with Gasteiger partial charge in [0.15, 0.2) is 0 Å². The molecular weight excluding hydrogens is 196 g/mol. The Labute approximate surface area is 88.3 Å². The van der Waals surface area contributed by atoms with Gasteiger partial charge in [-0.1, -0.05) is 0 Å². The first-order chi connectivity index (χ1) is 7.17. The third kappa shape index (κ3) is 1.99. The van der Waals surface area contributed by atoms with Gasteiger partial charge in [-0.2, -0.15) is 0 Å². The smallest absolute Gasteiger partial charge is 0.292 e. The Bertz CT molecular complexity index is 380. The quantitative estimate of drug-likeness (QED) is 0.627. The SMILES string of the molecule is CCn1c(NCCO)c(N)c(=O)n1CC. The molecule has 0 unspecified atom stereocenters. The summed E-state index contributed by atoms with van der Waals surface area (Å²) in [4.78, 5) is 11.7. The minimum Gasteiger partial charge on any atom is -0.395 e. The number of hydrogen-bond donors (Lipinski definition) is 3. The van der Waals surface area contributed by atoms with Crippen LogP contribution >= 0.6 is 0 Å². The van der Waals surface area contributed by atoms with E-state index in [9.17, 15) is 4.79 Å². The molecule has 1 aromatic rings. The number of aliphatic hydroxyl groups is 1. The van der Waals surface area contributed by atoms with Gasteiger partial charge in [0.1, 0.15) is 11.5 Å². The Morgan fingerprint density at radius 3 is 2.40 bits per heavy atom. The lowest BCUT2D eigenvalue weighted by Crippen LogP contribution is -2.22. The Morgan fingerprint density at radius 2 is 1.93 bits per heavy atom. The summed E-state index contributed by atoms with van der Waals surface area (Å²) in [5.41, 5.74) is 5.73. The first-order valence-corrected chi connectivity index (χ1v) is 5.11. The second kappa shape index (κ2) is 4.88. The molecule has 0 saturated heterocycles. The standard InChI is InChI=1S/C9H18N4O2/c1-3-12-8(11-5-6-14)7(10)9(15)13(12)4-2/h11,14H,3-6,10H2,1-2H3. The van der Waals surface area contributed by atoms with Gasteiger partial charge in [0.2, 0.25) is 0 Å². The molecule has 86 valence electrons. The number of anilines is 2. The largest absolute Gasteiger partial charge is 0.395 e. The van der Waals surface area contributed by atoms with E-state index in [2.05, 4.69) is 5.32 Å². The lowest BCUT2D eigenvalue weighted by atomic mass is 10.5. The highest BCUT2D eigenvalue weighted by Gasteiger charge is 2.14. The first-order valence-electron chi connectivity index (χ1n) is 5.11. The number of rotatable bonds is 5. The highest BCUT2D eigenvalue weighted by Crippen LogP contribution is 2.14. The average molecular weight is 214 g/mol. The number of nitrogen functional groups attached to an aromatic ring is 1. The van der Waals surface area contributed by atoms with E-state index in [4.69, 9.17) is 10.8 Å². The van der Waals surface area contributed by atoms with Gasteiger partial charge in [0.25, 0.3) is 5.56 Å². The molecule has 6 nitrogen and oxygen atoms in total. The highest BCUT2D eigenvalue weighted by atomic mass is 16.3. The van der Waals surface area contributed by atoms with E-state index in [1.165, 1.54) is 0 Å². The van der Waals surface area contributed by atoms with E-state index < -0.39 is 0 Å². The predicted molar refractivity (Wildman–Crippen MR) is 60.0 cm³/mol. The minimum atomic E-state index is -0.181. The third-order valence-electron chi connectivity index (χ3n) is 2.27. The van der Waals surface area contributed by atoms with Crippen LogP contribution in [0.25, 0.3) is 0 Å². The third-order valence-corrected chi connectivity index (χ3v) is 2.27. The molecule has 0 bridgehead atoms. The van der Waals surface area contributed by atoms with Gasteiger partial charge in [-0.05, 0) is 13.8 Å². The zero-order chi connectivity index (χ0) is 11.4. The molecule has 1 aromatic heterocycles. The van der Waals surface area contributed by atoms with Crippen molar-refractivity contribution in [2.24, 2.45) is 0 Å². The summed E-state index contributed by atoms with van der Waals surface area (Å²) in [6.45, 7) is 5.47. The van der Waals surface area contributed by atoms with Crippen LogP contribution in [-0.2, 0) is 13.1 Å². The molecule has 6 heteroatoms. The minimum absolute atomic E-state index is 0.00858. The summed E-state index contributed by atoms with van der Waals surface area (Å²) in [5.74, 6) is 0.596. The van der Waals surface area contributed by atoms with E-state index in [1.54, 1.807) is 9.36 Å². The fourth-order valence-corrected chi connectivity index (χ4v) is 1.61. The van der Waals surface area contributed by atoms with Crippen LogP contribution < -0.4 is 16.6 Å². The van der Waals surface area contributed by atoms with Crippen molar-refractivity contribution in [3.05, 3.63) is 10.4 Å². The molecule has 0 aliphatic carbocycles. The molecule has 0 fully saturated rings. The molecule has 0 atom stereocenters. The molecule has 4 N–H and O–H groups in total. The maximum Gasteiger partial charge on any atom is 0.292 e. The lowest BCUT2D eigenvalue weighted by molar-refractivity contribution is 0.310. The number of aliphatic hydroxyl groups excluding tert-OH is 1. The van der Waals surface area contributed by atoms with Crippen molar-refractivity contribution in [2.75, 3.05) is 24.2 Å². The molecule has 15 heavy (non-hydrogen) atoms. The van der Waals surface area contributed by atoms with Crippen molar-refractivity contribution >= 4 is 11.5 Å². The van der Waals surface area contributed by atoms with Crippen molar-refractivity contribution in [3.63, 3.8) is 0 Å². The normalized spacial score (nSPS) is 10.6. The zero-order valence-electron chi connectivity index (χ0n) is 9.16. The number of aromatic nitrogens is 2. The van der Waals surface area contributed by atoms with E-state index in [0.29, 0.717) is 25.5 Å². The zero-order valence-corrected chi connectivity index (χ0v) is 9.16. The molecule has 0 amide bonds. The maximum absolute atomic E-state index is 11.7. The molecule has 1 heterocycles. The molecule has 0 aliphatic rings. The molecule has 1 rings (SSSR count). The van der Waals surface area contributed by atoms with Crippen LogP contribution in [0.1, 0.15) is 13.8 Å². The van der Waals surface area contributed by atoms with Crippen LogP contribution in [0.4, 0.5) is 11.5 Å². The molecular formula is C9H18N4O2. The molecule has 0 saturated carbocycles. The van der Waals surface area contributed by atoms with Crippen LogP contribution in [0, 0.1) is 0 Å². The van der Waals surface area contributed by atoms with Crippen molar-refractivity contribution in [1.82, 2.24) is 9.36 Å². The lowest BCUT2D eigenvalue weighted by Gasteiger charge is -2.12. The molecule has 0 aromatic carbocycles. The van der Waals surface area contributed by atoms with Crippen LogP contribution in [-0.4, -0.2) is 27.6 Å². The van der Waals surface area contributed by atoms with Gasteiger partial charge in [-0.25, -0.2) is 4.68 Å². The summed E-state index contributed by atoms with van der Waals surface area (Å²) in [6.07, 6.45) is 0. The molecule has 0 radical (unpaired) electrons. The maximum atomic E-state index is 11.7. The summed E-state index contributed by atoms with van der Waals surface area (Å²) >= 11 is 0. The Kier molecular flexibility index (Phi) is 3.79. The van der Waals surface area contributed by atoms with Gasteiger partial charge < -0.3 is 16.2 Å².